The van der Waals surface area contributed by atoms with E-state index in [1.807, 2.05) is 49.4 Å². The molecule has 0 spiro atoms. The monoisotopic (exact) mass is 340 g/mol. The van der Waals surface area contributed by atoms with Gasteiger partial charge in [-0.3, -0.25) is 9.78 Å². The first-order valence-electron chi connectivity index (χ1n) is 6.55. The van der Waals surface area contributed by atoms with Gasteiger partial charge in [-0.1, -0.05) is 34.1 Å². The van der Waals surface area contributed by atoms with E-state index in [9.17, 15) is 4.79 Å². The molecule has 21 heavy (non-hydrogen) atoms. The fourth-order valence-electron chi connectivity index (χ4n) is 2.26. The van der Waals surface area contributed by atoms with Crippen LogP contribution in [0.2, 0.25) is 0 Å². The minimum absolute atomic E-state index is 0.113. The standard InChI is InChI=1S/C17H13BrN2O/c1-11-5-6-13(18)9-15(11)17(21)20-16-4-2-3-12-10-19-8-7-14(12)16/h2-10H,1H3,(H,20,21). The van der Waals surface area contributed by atoms with Crippen LogP contribution in [0.15, 0.2) is 59.3 Å². The first kappa shape index (κ1) is 13.8. The summed E-state index contributed by atoms with van der Waals surface area (Å²) < 4.78 is 0.889. The highest BCUT2D eigenvalue weighted by Crippen LogP contribution is 2.24. The van der Waals surface area contributed by atoms with Gasteiger partial charge in [0.05, 0.1) is 0 Å². The average molecular weight is 341 g/mol. The summed E-state index contributed by atoms with van der Waals surface area (Å²) in [6, 6.07) is 13.4. The van der Waals surface area contributed by atoms with Crippen LogP contribution in [-0.4, -0.2) is 10.9 Å². The summed E-state index contributed by atoms with van der Waals surface area (Å²) in [4.78, 5) is 16.6. The number of halogens is 1. The van der Waals surface area contributed by atoms with Crippen LogP contribution in [0.3, 0.4) is 0 Å². The van der Waals surface area contributed by atoms with Crippen molar-refractivity contribution < 1.29 is 4.79 Å². The van der Waals surface area contributed by atoms with E-state index in [0.29, 0.717) is 5.56 Å². The Labute approximate surface area is 131 Å². The number of benzene rings is 2. The zero-order chi connectivity index (χ0) is 14.8. The van der Waals surface area contributed by atoms with E-state index < -0.39 is 0 Å². The number of nitrogens with one attached hydrogen (secondary N) is 1. The van der Waals surface area contributed by atoms with Crippen LogP contribution in [0.5, 0.6) is 0 Å². The van der Waals surface area contributed by atoms with Crippen LogP contribution in [0.25, 0.3) is 10.8 Å². The quantitative estimate of drug-likeness (QED) is 0.743. The molecule has 0 fully saturated rings. The molecule has 0 atom stereocenters. The van der Waals surface area contributed by atoms with Gasteiger partial charge in [0, 0.05) is 38.9 Å². The molecule has 3 nitrogen and oxygen atoms in total. The van der Waals surface area contributed by atoms with Gasteiger partial charge >= 0.3 is 0 Å². The number of hydrogen-bond acceptors (Lipinski definition) is 2. The molecule has 0 aliphatic heterocycles. The highest BCUT2D eigenvalue weighted by molar-refractivity contribution is 9.10. The van der Waals surface area contributed by atoms with Crippen LogP contribution in [-0.2, 0) is 0 Å². The Kier molecular flexibility index (Phi) is 3.71. The minimum Gasteiger partial charge on any atom is -0.321 e. The molecule has 0 aliphatic rings. The molecule has 0 bridgehead atoms. The van der Waals surface area contributed by atoms with Gasteiger partial charge in [0.15, 0.2) is 0 Å². The van der Waals surface area contributed by atoms with Gasteiger partial charge in [0.2, 0.25) is 0 Å². The van der Waals surface area contributed by atoms with Crippen LogP contribution < -0.4 is 5.32 Å². The van der Waals surface area contributed by atoms with E-state index >= 15 is 0 Å². The molecule has 1 heterocycles. The molecule has 104 valence electrons. The van der Waals surface area contributed by atoms with Crippen LogP contribution in [0.4, 0.5) is 5.69 Å². The molecule has 1 aromatic heterocycles. The second-order valence-corrected chi connectivity index (χ2v) is 5.73. The third-order valence-electron chi connectivity index (χ3n) is 3.37. The number of aromatic nitrogens is 1. The zero-order valence-electron chi connectivity index (χ0n) is 11.4. The summed E-state index contributed by atoms with van der Waals surface area (Å²) in [7, 11) is 0. The summed E-state index contributed by atoms with van der Waals surface area (Å²) >= 11 is 3.40. The second kappa shape index (κ2) is 5.66. The van der Waals surface area contributed by atoms with Gasteiger partial charge < -0.3 is 5.32 Å². The molecule has 0 saturated heterocycles. The van der Waals surface area contributed by atoms with Crippen LogP contribution >= 0.6 is 15.9 Å². The molecule has 0 saturated carbocycles. The Morgan fingerprint density at radius 1 is 1.19 bits per heavy atom. The van der Waals surface area contributed by atoms with Gasteiger partial charge in [0.25, 0.3) is 5.91 Å². The molecular weight excluding hydrogens is 328 g/mol. The lowest BCUT2D eigenvalue weighted by molar-refractivity contribution is 0.102. The van der Waals surface area contributed by atoms with Crippen molar-refractivity contribution >= 4 is 38.3 Å². The molecule has 3 aromatic rings. The maximum Gasteiger partial charge on any atom is 0.255 e. The third-order valence-corrected chi connectivity index (χ3v) is 3.87. The number of anilines is 1. The van der Waals surface area contributed by atoms with E-state index in [0.717, 1.165) is 26.5 Å². The van der Waals surface area contributed by atoms with Gasteiger partial charge in [-0.05, 0) is 36.8 Å². The summed E-state index contributed by atoms with van der Waals surface area (Å²) in [5, 5.41) is 4.96. The summed E-state index contributed by atoms with van der Waals surface area (Å²) in [5.74, 6) is -0.113. The second-order valence-electron chi connectivity index (χ2n) is 4.82. The first-order valence-corrected chi connectivity index (χ1v) is 7.35. The van der Waals surface area contributed by atoms with E-state index in [-0.39, 0.29) is 5.91 Å². The number of rotatable bonds is 2. The minimum atomic E-state index is -0.113. The van der Waals surface area contributed by atoms with E-state index in [1.54, 1.807) is 12.4 Å². The predicted octanol–water partition coefficient (Wildman–Crippen LogP) is 4.56. The molecular formula is C17H13BrN2O. The maximum absolute atomic E-state index is 12.5. The summed E-state index contributed by atoms with van der Waals surface area (Å²) in [6.45, 7) is 1.92. The normalized spacial score (nSPS) is 10.6. The van der Waals surface area contributed by atoms with Crippen molar-refractivity contribution in [1.29, 1.82) is 0 Å². The Morgan fingerprint density at radius 3 is 2.90 bits per heavy atom. The van der Waals surface area contributed by atoms with Crippen molar-refractivity contribution in [2.45, 2.75) is 6.92 Å². The van der Waals surface area contributed by atoms with Crippen molar-refractivity contribution in [3.05, 3.63) is 70.5 Å². The van der Waals surface area contributed by atoms with Crippen LogP contribution in [0.1, 0.15) is 15.9 Å². The number of amides is 1. The molecule has 2 aromatic carbocycles. The lowest BCUT2D eigenvalue weighted by Crippen LogP contribution is -2.13. The molecule has 4 heteroatoms. The fourth-order valence-corrected chi connectivity index (χ4v) is 2.62. The highest BCUT2D eigenvalue weighted by Gasteiger charge is 2.11. The van der Waals surface area contributed by atoms with Crippen molar-refractivity contribution in [3.8, 4) is 0 Å². The largest absolute Gasteiger partial charge is 0.321 e. The van der Waals surface area contributed by atoms with E-state index in [1.165, 1.54) is 0 Å². The first-order chi connectivity index (χ1) is 10.1. The number of carbonyl (C=O) groups excluding carboxylic acids is 1. The summed E-state index contributed by atoms with van der Waals surface area (Å²) in [5.41, 5.74) is 2.40. The SMILES string of the molecule is Cc1ccc(Br)cc1C(=O)Nc1cccc2cnccc12. The Morgan fingerprint density at radius 2 is 2.05 bits per heavy atom. The maximum atomic E-state index is 12.5. The summed E-state index contributed by atoms with van der Waals surface area (Å²) in [6.07, 6.45) is 3.51. The fraction of sp³-hybridized carbons (Fsp3) is 0.0588. The third kappa shape index (κ3) is 2.81. The number of nitrogens with zero attached hydrogens (tertiary/aromatic N) is 1. The van der Waals surface area contributed by atoms with E-state index in [4.69, 9.17) is 0 Å². The van der Waals surface area contributed by atoms with Gasteiger partial charge in [-0.25, -0.2) is 0 Å². The van der Waals surface area contributed by atoms with Crippen molar-refractivity contribution in [1.82, 2.24) is 4.98 Å². The van der Waals surface area contributed by atoms with E-state index in [2.05, 4.69) is 26.2 Å². The van der Waals surface area contributed by atoms with Crippen molar-refractivity contribution in [2.24, 2.45) is 0 Å². The average Bonchev–Trinajstić information content (AvgIpc) is 2.50. The lowest BCUT2D eigenvalue weighted by Gasteiger charge is -2.10. The molecule has 0 radical (unpaired) electrons. The highest BCUT2D eigenvalue weighted by atomic mass is 79.9. The zero-order valence-corrected chi connectivity index (χ0v) is 13.0. The molecule has 3 rings (SSSR count). The van der Waals surface area contributed by atoms with Crippen LogP contribution in [0, 0.1) is 6.92 Å². The van der Waals surface area contributed by atoms with Gasteiger partial charge in [-0.15, -0.1) is 0 Å². The van der Waals surface area contributed by atoms with Crippen molar-refractivity contribution in [3.63, 3.8) is 0 Å². The molecule has 0 unspecified atom stereocenters. The van der Waals surface area contributed by atoms with Crippen molar-refractivity contribution in [2.75, 3.05) is 5.32 Å². The molecule has 0 aliphatic carbocycles. The molecule has 1 N–H and O–H groups in total. The Balaban J connectivity index is 1.99. The number of aryl methyl sites for hydroxylation is 1. The predicted molar refractivity (Wildman–Crippen MR) is 88.6 cm³/mol. The number of carbonyl (C=O) groups is 1. The smallest absolute Gasteiger partial charge is 0.255 e. The van der Waals surface area contributed by atoms with Gasteiger partial charge in [0.1, 0.15) is 0 Å². The number of hydrogen-bond donors (Lipinski definition) is 1. The van der Waals surface area contributed by atoms with Gasteiger partial charge in [-0.2, -0.15) is 0 Å². The Hall–Kier alpha value is -2.20. The number of pyridine rings is 1. The molecule has 1 amide bonds. The number of fused-ring (bicyclic) bond motifs is 1. The Bertz CT molecular complexity index is 825. The lowest BCUT2D eigenvalue weighted by atomic mass is 10.1. The topological polar surface area (TPSA) is 42.0 Å².